The first kappa shape index (κ1) is 22.4. The maximum absolute atomic E-state index is 15.5. The van der Waals surface area contributed by atoms with Gasteiger partial charge in [0.15, 0.2) is 0 Å². The summed E-state index contributed by atoms with van der Waals surface area (Å²) in [5.74, 6) is -0.147. The van der Waals surface area contributed by atoms with Crippen LogP contribution >= 0.6 is 0 Å². The van der Waals surface area contributed by atoms with Crippen LogP contribution in [0, 0.1) is 11.3 Å². The van der Waals surface area contributed by atoms with Crippen LogP contribution in [0.25, 0.3) is 5.57 Å². The Labute approximate surface area is 183 Å². The van der Waals surface area contributed by atoms with Gasteiger partial charge in [-0.15, -0.1) is 0 Å². The van der Waals surface area contributed by atoms with Crippen LogP contribution in [0.1, 0.15) is 48.7 Å². The molecule has 5 nitrogen and oxygen atoms in total. The number of halogens is 1. The molecule has 1 saturated heterocycles. The number of aliphatic imine (C=N–C) groups is 1. The molecule has 2 aliphatic heterocycles. The molecule has 0 radical (unpaired) electrons. The number of aromatic nitrogens is 1. The molecule has 1 amide bonds. The van der Waals surface area contributed by atoms with E-state index in [1.807, 2.05) is 25.2 Å². The highest BCUT2D eigenvalue weighted by Crippen LogP contribution is 2.32. The molecule has 1 aromatic heterocycles. The number of carbonyl (C=O) groups is 1. The molecule has 0 spiro atoms. The number of hydrogen-bond acceptors (Lipinski definition) is 4. The van der Waals surface area contributed by atoms with Crippen LogP contribution in [-0.4, -0.2) is 46.8 Å². The Morgan fingerprint density at radius 1 is 1.42 bits per heavy atom. The number of nitrogens with zero attached hydrogens (tertiary/aromatic N) is 4. The number of carbonyl (C=O) groups excluding carboxylic acids is 1. The fourth-order valence-electron chi connectivity index (χ4n) is 3.94. The SMILES string of the molecule is C=C/C=C(\C=C/C)c1ncccc1C(=O)N1CCC(F)(CC2=NCCC(C#N)=C2)CC1. The number of piperidine rings is 1. The van der Waals surface area contributed by atoms with Crippen molar-refractivity contribution in [3.8, 4) is 6.07 Å². The minimum Gasteiger partial charge on any atom is -0.338 e. The second kappa shape index (κ2) is 10.1. The van der Waals surface area contributed by atoms with Crippen molar-refractivity contribution in [2.75, 3.05) is 19.6 Å². The van der Waals surface area contributed by atoms with Gasteiger partial charge in [-0.1, -0.05) is 30.9 Å². The van der Waals surface area contributed by atoms with Crippen molar-refractivity contribution in [2.45, 2.75) is 38.3 Å². The van der Waals surface area contributed by atoms with Crippen molar-refractivity contribution in [1.82, 2.24) is 9.88 Å². The fraction of sp³-hybridized carbons (Fsp3) is 0.360. The van der Waals surface area contributed by atoms with Crippen LogP contribution in [0.3, 0.4) is 0 Å². The van der Waals surface area contributed by atoms with Gasteiger partial charge in [-0.3, -0.25) is 14.8 Å². The third-order valence-corrected chi connectivity index (χ3v) is 5.58. The summed E-state index contributed by atoms with van der Waals surface area (Å²) >= 11 is 0. The molecule has 0 bridgehead atoms. The molecule has 31 heavy (non-hydrogen) atoms. The van der Waals surface area contributed by atoms with E-state index < -0.39 is 5.67 Å². The van der Waals surface area contributed by atoms with Gasteiger partial charge in [-0.2, -0.15) is 5.26 Å². The average Bonchev–Trinajstić information content (AvgIpc) is 2.79. The number of pyridine rings is 1. The van der Waals surface area contributed by atoms with Crippen LogP contribution < -0.4 is 0 Å². The second-order valence-electron chi connectivity index (χ2n) is 7.78. The van der Waals surface area contributed by atoms with Crippen LogP contribution in [0.5, 0.6) is 0 Å². The first-order valence-corrected chi connectivity index (χ1v) is 10.5. The van der Waals surface area contributed by atoms with Gasteiger partial charge in [0.1, 0.15) is 5.67 Å². The van der Waals surface area contributed by atoms with Gasteiger partial charge in [-0.25, -0.2) is 4.39 Å². The third kappa shape index (κ3) is 5.43. The molecule has 0 aromatic carbocycles. The fourth-order valence-corrected chi connectivity index (χ4v) is 3.94. The zero-order valence-electron chi connectivity index (χ0n) is 17.9. The summed E-state index contributed by atoms with van der Waals surface area (Å²) in [5.41, 5.74) is 1.76. The number of alkyl halides is 1. The highest BCUT2D eigenvalue weighted by Gasteiger charge is 2.37. The largest absolute Gasteiger partial charge is 0.338 e. The Bertz CT molecular complexity index is 1000. The number of allylic oxidation sites excluding steroid dienone is 6. The molecule has 6 heteroatoms. The lowest BCUT2D eigenvalue weighted by Gasteiger charge is -2.37. The van der Waals surface area contributed by atoms with Crippen LogP contribution in [0.4, 0.5) is 4.39 Å². The normalized spacial score (nSPS) is 18.9. The Hall–Kier alpha value is -3.33. The van der Waals surface area contributed by atoms with E-state index in [4.69, 9.17) is 5.26 Å². The number of dihydropyridines is 1. The molecule has 2 aliphatic rings. The van der Waals surface area contributed by atoms with Crippen LogP contribution in [0.15, 0.2) is 65.9 Å². The van der Waals surface area contributed by atoms with Crippen LogP contribution in [-0.2, 0) is 0 Å². The van der Waals surface area contributed by atoms with E-state index in [2.05, 4.69) is 22.6 Å². The minimum atomic E-state index is -1.42. The Morgan fingerprint density at radius 3 is 2.87 bits per heavy atom. The smallest absolute Gasteiger partial charge is 0.256 e. The van der Waals surface area contributed by atoms with E-state index in [9.17, 15) is 4.79 Å². The predicted molar refractivity (Wildman–Crippen MR) is 121 cm³/mol. The van der Waals surface area contributed by atoms with Crippen molar-refractivity contribution in [3.63, 3.8) is 0 Å². The zero-order chi connectivity index (χ0) is 22.3. The quantitative estimate of drug-likeness (QED) is 0.620. The summed E-state index contributed by atoms with van der Waals surface area (Å²) < 4.78 is 15.5. The Kier molecular flexibility index (Phi) is 7.30. The van der Waals surface area contributed by atoms with Gasteiger partial charge in [0, 0.05) is 55.5 Å². The first-order valence-electron chi connectivity index (χ1n) is 10.5. The van der Waals surface area contributed by atoms with Crippen molar-refractivity contribution in [3.05, 3.63) is 72.1 Å². The molecule has 1 fully saturated rings. The lowest BCUT2D eigenvalue weighted by Crippen LogP contribution is -2.45. The lowest BCUT2D eigenvalue weighted by molar-refractivity contribution is 0.0464. The van der Waals surface area contributed by atoms with Crippen molar-refractivity contribution in [2.24, 2.45) is 4.99 Å². The molecular formula is C25H27FN4O. The van der Waals surface area contributed by atoms with Gasteiger partial charge < -0.3 is 4.90 Å². The summed E-state index contributed by atoms with van der Waals surface area (Å²) in [5, 5.41) is 9.08. The van der Waals surface area contributed by atoms with Gasteiger partial charge >= 0.3 is 0 Å². The summed E-state index contributed by atoms with van der Waals surface area (Å²) in [7, 11) is 0. The van der Waals surface area contributed by atoms with E-state index >= 15 is 4.39 Å². The van der Waals surface area contributed by atoms with Gasteiger partial charge in [0.05, 0.1) is 17.3 Å². The van der Waals surface area contributed by atoms with Gasteiger partial charge in [0.25, 0.3) is 5.91 Å². The predicted octanol–water partition coefficient (Wildman–Crippen LogP) is 4.86. The highest BCUT2D eigenvalue weighted by atomic mass is 19.1. The molecule has 0 N–H and O–H groups in total. The maximum atomic E-state index is 15.5. The number of nitriles is 1. The molecule has 0 unspecified atom stereocenters. The number of likely N-dealkylation sites (tertiary alicyclic amines) is 1. The molecule has 160 valence electrons. The van der Waals surface area contributed by atoms with Gasteiger partial charge in [0.2, 0.25) is 0 Å². The molecular weight excluding hydrogens is 391 g/mol. The molecule has 1 aromatic rings. The molecule has 0 saturated carbocycles. The van der Waals surface area contributed by atoms with Crippen molar-refractivity contribution in [1.29, 1.82) is 5.26 Å². The number of amides is 1. The molecule has 0 atom stereocenters. The second-order valence-corrected chi connectivity index (χ2v) is 7.78. The molecule has 3 rings (SSSR count). The summed E-state index contributed by atoms with van der Waals surface area (Å²) in [6.45, 7) is 6.83. The van der Waals surface area contributed by atoms with Crippen LogP contribution in [0.2, 0.25) is 0 Å². The zero-order valence-corrected chi connectivity index (χ0v) is 17.9. The van der Waals surface area contributed by atoms with Crippen molar-refractivity contribution < 1.29 is 9.18 Å². The summed E-state index contributed by atoms with van der Waals surface area (Å²) in [6, 6.07) is 5.63. The molecule has 3 heterocycles. The summed E-state index contributed by atoms with van der Waals surface area (Å²) in [4.78, 5) is 23.7. The van der Waals surface area contributed by atoms with E-state index in [1.165, 1.54) is 0 Å². The number of hydrogen-bond donors (Lipinski definition) is 0. The Morgan fingerprint density at radius 2 is 2.19 bits per heavy atom. The average molecular weight is 419 g/mol. The minimum absolute atomic E-state index is 0.147. The Balaban J connectivity index is 1.72. The lowest BCUT2D eigenvalue weighted by atomic mass is 9.86. The van der Waals surface area contributed by atoms with E-state index in [0.29, 0.717) is 48.6 Å². The van der Waals surface area contributed by atoms with E-state index in [-0.39, 0.29) is 25.2 Å². The monoisotopic (exact) mass is 418 g/mol. The standard InChI is InChI=1S/C25H27FN4O/c1-3-6-20(7-4-2)23-22(8-5-12-29-23)24(31)30-14-10-25(26,11-15-30)17-21-16-19(18-27)9-13-28-21/h3-8,12,16H,1,9-11,13-15,17H2,2H3/b7-4-,20-6+. The van der Waals surface area contributed by atoms with E-state index in [1.54, 1.807) is 35.4 Å². The number of rotatable bonds is 6. The maximum Gasteiger partial charge on any atom is 0.256 e. The first-order chi connectivity index (χ1) is 15.0. The van der Waals surface area contributed by atoms with Crippen molar-refractivity contribution >= 4 is 17.2 Å². The molecule has 0 aliphatic carbocycles. The summed E-state index contributed by atoms with van der Waals surface area (Å²) in [6.07, 6.45) is 11.9. The third-order valence-electron chi connectivity index (χ3n) is 5.58. The van der Waals surface area contributed by atoms with E-state index in [0.717, 1.165) is 5.57 Å². The highest BCUT2D eigenvalue weighted by molar-refractivity contribution is 6.00. The topological polar surface area (TPSA) is 69.3 Å². The van der Waals surface area contributed by atoms with Gasteiger partial charge in [-0.05, 0) is 38.0 Å².